The Morgan fingerprint density at radius 3 is 2.56 bits per heavy atom. The molecule has 2 N–H and O–H groups in total. The Morgan fingerprint density at radius 2 is 1.85 bits per heavy atom. The molecule has 0 aliphatic carbocycles. The number of nitrogens with one attached hydrogen (secondary N) is 1. The van der Waals surface area contributed by atoms with Crippen molar-refractivity contribution in [2.75, 3.05) is 16.2 Å². The van der Waals surface area contributed by atoms with E-state index in [1.165, 1.54) is 40.7 Å². The van der Waals surface area contributed by atoms with Gasteiger partial charge in [-0.05, 0) is 48.4 Å². The van der Waals surface area contributed by atoms with Crippen molar-refractivity contribution < 1.29 is 23.1 Å². The summed E-state index contributed by atoms with van der Waals surface area (Å²) in [6, 6.07) is 16.9. The second-order valence-electron chi connectivity index (χ2n) is 7.45. The number of carboxylic acids is 1. The zero-order chi connectivity index (χ0) is 24.5. The van der Waals surface area contributed by atoms with Gasteiger partial charge in [0.2, 0.25) is 0 Å². The van der Waals surface area contributed by atoms with Crippen molar-refractivity contribution >= 4 is 33.3 Å². The van der Waals surface area contributed by atoms with Crippen LogP contribution in [0.5, 0.6) is 0 Å². The van der Waals surface area contributed by atoms with E-state index in [-0.39, 0.29) is 39.4 Å². The number of hydrogen-bond acceptors (Lipinski definition) is 5. The molecule has 1 aliphatic rings. The molecule has 9 heteroatoms. The predicted molar refractivity (Wildman–Crippen MR) is 125 cm³/mol. The SMILES string of the molecule is C#Cc1cc(C#N)c(NC(=O)c2cccc(S(=O)(=O)N3CCc4ccccc43)c2)c(C(=O)O)c1. The third-order valence-corrected chi connectivity index (χ3v) is 7.23. The van der Waals surface area contributed by atoms with Crippen molar-refractivity contribution in [3.63, 3.8) is 0 Å². The number of carbonyl (C=O) groups is 2. The topological polar surface area (TPSA) is 128 Å². The van der Waals surface area contributed by atoms with Crippen molar-refractivity contribution in [2.24, 2.45) is 0 Å². The van der Waals surface area contributed by atoms with Crippen molar-refractivity contribution in [2.45, 2.75) is 11.3 Å². The molecule has 4 rings (SSSR count). The van der Waals surface area contributed by atoms with Gasteiger partial charge in [-0.25, -0.2) is 13.2 Å². The number of fused-ring (bicyclic) bond motifs is 1. The van der Waals surface area contributed by atoms with E-state index in [1.54, 1.807) is 12.1 Å². The van der Waals surface area contributed by atoms with Crippen molar-refractivity contribution in [1.82, 2.24) is 0 Å². The van der Waals surface area contributed by atoms with E-state index in [0.717, 1.165) is 5.56 Å². The fraction of sp³-hybridized carbons (Fsp3) is 0.0800. The number of anilines is 2. The lowest BCUT2D eigenvalue weighted by atomic mass is 10.0. The van der Waals surface area contributed by atoms with Gasteiger partial charge in [-0.15, -0.1) is 6.42 Å². The van der Waals surface area contributed by atoms with Crippen LogP contribution in [0.1, 0.15) is 37.4 Å². The summed E-state index contributed by atoms with van der Waals surface area (Å²) >= 11 is 0. The molecule has 34 heavy (non-hydrogen) atoms. The maximum atomic E-state index is 13.3. The van der Waals surface area contributed by atoms with Crippen LogP contribution >= 0.6 is 0 Å². The van der Waals surface area contributed by atoms with Gasteiger partial charge in [-0.1, -0.05) is 30.2 Å². The van der Waals surface area contributed by atoms with Crippen LogP contribution in [0.4, 0.5) is 11.4 Å². The molecule has 0 aromatic heterocycles. The molecule has 0 fully saturated rings. The van der Waals surface area contributed by atoms with Crippen LogP contribution in [0, 0.1) is 23.7 Å². The predicted octanol–water partition coefficient (Wildman–Crippen LogP) is 3.24. The molecule has 0 radical (unpaired) electrons. The van der Waals surface area contributed by atoms with E-state index >= 15 is 0 Å². The highest BCUT2D eigenvalue weighted by molar-refractivity contribution is 7.92. The Bertz CT molecular complexity index is 1530. The van der Waals surface area contributed by atoms with Crippen LogP contribution in [0.25, 0.3) is 0 Å². The number of nitrogens with zero attached hydrogens (tertiary/aromatic N) is 2. The summed E-state index contributed by atoms with van der Waals surface area (Å²) in [6.45, 7) is 0.285. The minimum atomic E-state index is -3.94. The van der Waals surface area contributed by atoms with Gasteiger partial charge in [0.05, 0.1) is 27.4 Å². The van der Waals surface area contributed by atoms with Crippen LogP contribution in [0.3, 0.4) is 0 Å². The average molecular weight is 471 g/mol. The Kier molecular flexibility index (Phi) is 5.80. The number of carbonyl (C=O) groups excluding carboxylic acids is 1. The number of benzene rings is 3. The molecule has 3 aromatic carbocycles. The third kappa shape index (κ3) is 3.96. The van der Waals surface area contributed by atoms with Gasteiger partial charge in [0, 0.05) is 17.7 Å². The summed E-state index contributed by atoms with van der Waals surface area (Å²) in [5, 5.41) is 21.4. The number of rotatable bonds is 5. The number of amides is 1. The highest BCUT2D eigenvalue weighted by atomic mass is 32.2. The summed E-state index contributed by atoms with van der Waals surface area (Å²) in [4.78, 5) is 24.6. The van der Waals surface area contributed by atoms with E-state index in [4.69, 9.17) is 6.42 Å². The first-order valence-corrected chi connectivity index (χ1v) is 11.5. The number of para-hydroxylation sites is 1. The molecule has 0 atom stereocenters. The fourth-order valence-corrected chi connectivity index (χ4v) is 5.33. The lowest BCUT2D eigenvalue weighted by molar-refractivity contribution is 0.0698. The molecule has 168 valence electrons. The zero-order valence-corrected chi connectivity index (χ0v) is 18.5. The van der Waals surface area contributed by atoms with Gasteiger partial charge < -0.3 is 10.4 Å². The Morgan fingerprint density at radius 1 is 1.09 bits per heavy atom. The third-order valence-electron chi connectivity index (χ3n) is 5.42. The minimum absolute atomic E-state index is 0.0187. The Hall–Kier alpha value is -4.60. The van der Waals surface area contributed by atoms with E-state index < -0.39 is 21.9 Å². The highest BCUT2D eigenvalue weighted by Crippen LogP contribution is 2.33. The maximum Gasteiger partial charge on any atom is 0.337 e. The standard InChI is InChI=1S/C25H17N3O5S/c1-2-16-12-19(15-26)23(21(13-16)25(30)31)27-24(29)18-7-5-8-20(14-18)34(32,33)28-11-10-17-6-3-4-9-22(17)28/h1,3-9,12-14H,10-11H2,(H,27,29)(H,30,31). The second-order valence-corrected chi connectivity index (χ2v) is 9.31. The van der Waals surface area contributed by atoms with Crippen LogP contribution in [0.2, 0.25) is 0 Å². The first-order valence-electron chi connectivity index (χ1n) is 10.1. The van der Waals surface area contributed by atoms with E-state index in [2.05, 4.69) is 11.2 Å². The fourth-order valence-electron chi connectivity index (χ4n) is 3.79. The van der Waals surface area contributed by atoms with Crippen LogP contribution in [-0.2, 0) is 16.4 Å². The van der Waals surface area contributed by atoms with Crippen molar-refractivity contribution in [3.8, 4) is 18.4 Å². The molecule has 0 unspecified atom stereocenters. The molecular weight excluding hydrogens is 454 g/mol. The monoisotopic (exact) mass is 471 g/mol. The van der Waals surface area contributed by atoms with Gasteiger partial charge >= 0.3 is 5.97 Å². The van der Waals surface area contributed by atoms with Gasteiger partial charge in [0.25, 0.3) is 15.9 Å². The number of nitriles is 1. The number of hydrogen-bond donors (Lipinski definition) is 2. The van der Waals surface area contributed by atoms with Crippen molar-refractivity contribution in [3.05, 3.63) is 88.5 Å². The smallest absolute Gasteiger partial charge is 0.337 e. The lowest BCUT2D eigenvalue weighted by Crippen LogP contribution is -2.29. The quantitative estimate of drug-likeness (QED) is 0.550. The summed E-state index contributed by atoms with van der Waals surface area (Å²) in [5.41, 5.74) is 0.967. The summed E-state index contributed by atoms with van der Waals surface area (Å²) in [6.07, 6.45) is 5.90. The largest absolute Gasteiger partial charge is 0.478 e. The van der Waals surface area contributed by atoms with Crippen LogP contribution < -0.4 is 9.62 Å². The first kappa shape index (κ1) is 22.6. The van der Waals surface area contributed by atoms with E-state index in [0.29, 0.717) is 12.1 Å². The lowest BCUT2D eigenvalue weighted by Gasteiger charge is -2.20. The van der Waals surface area contributed by atoms with E-state index in [9.17, 15) is 28.4 Å². The molecule has 1 amide bonds. The molecule has 0 spiro atoms. The highest BCUT2D eigenvalue weighted by Gasteiger charge is 2.31. The molecule has 8 nitrogen and oxygen atoms in total. The van der Waals surface area contributed by atoms with Gasteiger partial charge in [0.1, 0.15) is 6.07 Å². The van der Waals surface area contributed by atoms with Crippen molar-refractivity contribution in [1.29, 1.82) is 5.26 Å². The number of aromatic carboxylic acids is 1. The second kappa shape index (κ2) is 8.74. The molecule has 0 saturated carbocycles. The minimum Gasteiger partial charge on any atom is -0.478 e. The molecule has 1 heterocycles. The summed E-state index contributed by atoms with van der Waals surface area (Å²) < 4.78 is 27.9. The number of terminal acetylenes is 1. The first-order chi connectivity index (χ1) is 16.3. The molecule has 0 saturated heterocycles. The summed E-state index contributed by atoms with van der Waals surface area (Å²) in [5.74, 6) is 0.115. The molecular formula is C25H17N3O5S. The normalized spacial score (nSPS) is 12.4. The molecule has 0 bridgehead atoms. The Balaban J connectivity index is 1.69. The molecule has 3 aromatic rings. The van der Waals surface area contributed by atoms with Crippen LogP contribution in [0.15, 0.2) is 65.6 Å². The van der Waals surface area contributed by atoms with Crippen LogP contribution in [-0.4, -0.2) is 31.9 Å². The Labute approximate surface area is 196 Å². The average Bonchev–Trinajstić information content (AvgIpc) is 3.29. The molecule has 1 aliphatic heterocycles. The number of carboxylic acid groups (broad SMARTS) is 1. The maximum absolute atomic E-state index is 13.3. The van der Waals surface area contributed by atoms with Gasteiger partial charge in [0.15, 0.2) is 0 Å². The van der Waals surface area contributed by atoms with Gasteiger partial charge in [-0.2, -0.15) is 5.26 Å². The summed E-state index contributed by atoms with van der Waals surface area (Å²) in [7, 11) is -3.94. The van der Waals surface area contributed by atoms with Gasteiger partial charge in [-0.3, -0.25) is 9.10 Å². The zero-order valence-electron chi connectivity index (χ0n) is 17.6. The van der Waals surface area contributed by atoms with E-state index in [1.807, 2.05) is 18.2 Å². The number of sulfonamides is 1.